The summed E-state index contributed by atoms with van der Waals surface area (Å²) in [6, 6.07) is 4.23. The van der Waals surface area contributed by atoms with Gasteiger partial charge >= 0.3 is 0 Å². The lowest BCUT2D eigenvalue weighted by Gasteiger charge is -2.11. The van der Waals surface area contributed by atoms with E-state index in [4.69, 9.17) is 4.74 Å². The predicted molar refractivity (Wildman–Crippen MR) is 67.5 cm³/mol. The largest absolute Gasteiger partial charge is 0.391 e. The van der Waals surface area contributed by atoms with Gasteiger partial charge in [0.1, 0.15) is 5.69 Å². The van der Waals surface area contributed by atoms with Crippen molar-refractivity contribution in [3.8, 4) is 0 Å². The van der Waals surface area contributed by atoms with Gasteiger partial charge in [-0.25, -0.2) is 0 Å². The first-order valence-electron chi connectivity index (χ1n) is 6.34. The first-order valence-corrected chi connectivity index (χ1v) is 6.34. The number of methoxy groups -OCH3 is 1. The quantitative estimate of drug-likeness (QED) is 0.759. The predicted octanol–water partition coefficient (Wildman–Crippen LogP) is 0.950. The van der Waals surface area contributed by atoms with Crippen LogP contribution in [0.15, 0.2) is 18.3 Å². The van der Waals surface area contributed by atoms with Gasteiger partial charge in [0.15, 0.2) is 0 Å². The summed E-state index contributed by atoms with van der Waals surface area (Å²) in [5.74, 6) is -0.0727. The van der Waals surface area contributed by atoms with Crippen LogP contribution in [-0.2, 0) is 4.74 Å². The Morgan fingerprint density at radius 3 is 3.11 bits per heavy atom. The highest BCUT2D eigenvalue weighted by Crippen LogP contribution is 2.35. The van der Waals surface area contributed by atoms with Gasteiger partial charge in [-0.1, -0.05) is 0 Å². The van der Waals surface area contributed by atoms with Crippen LogP contribution in [0.25, 0.3) is 0 Å². The Morgan fingerprint density at radius 1 is 1.67 bits per heavy atom. The van der Waals surface area contributed by atoms with E-state index in [1.54, 1.807) is 7.11 Å². The molecule has 1 saturated carbocycles. The fourth-order valence-corrected chi connectivity index (χ4v) is 1.98. The summed E-state index contributed by atoms with van der Waals surface area (Å²) < 4.78 is 6.85. The molecular formula is C13H20N2O3. The average Bonchev–Trinajstić information content (AvgIpc) is 3.07. The smallest absolute Gasteiger partial charge is 0.267 e. The number of aromatic nitrogens is 1. The van der Waals surface area contributed by atoms with Crippen LogP contribution in [0.1, 0.15) is 35.8 Å². The maximum Gasteiger partial charge on any atom is 0.267 e. The molecule has 100 valence electrons. The second-order valence-corrected chi connectivity index (χ2v) is 4.69. The Bertz CT molecular complexity index is 399. The molecule has 0 aromatic carbocycles. The van der Waals surface area contributed by atoms with Crippen LogP contribution in [0.4, 0.5) is 0 Å². The molecule has 1 unspecified atom stereocenters. The van der Waals surface area contributed by atoms with Gasteiger partial charge in [-0.15, -0.1) is 0 Å². The zero-order valence-corrected chi connectivity index (χ0v) is 10.6. The number of hydrogen-bond donors (Lipinski definition) is 2. The van der Waals surface area contributed by atoms with Crippen molar-refractivity contribution >= 4 is 5.91 Å². The number of carbonyl (C=O) groups is 1. The van der Waals surface area contributed by atoms with Crippen molar-refractivity contribution in [3.05, 3.63) is 24.0 Å². The van der Waals surface area contributed by atoms with Gasteiger partial charge in [0, 0.05) is 25.9 Å². The van der Waals surface area contributed by atoms with Crippen molar-refractivity contribution in [1.29, 1.82) is 0 Å². The summed E-state index contributed by atoms with van der Waals surface area (Å²) in [5.41, 5.74) is 0.707. The van der Waals surface area contributed by atoms with Crippen LogP contribution in [0.2, 0.25) is 0 Å². The van der Waals surface area contributed by atoms with E-state index in [0.29, 0.717) is 31.3 Å². The lowest BCUT2D eigenvalue weighted by molar-refractivity contribution is 0.0587. The van der Waals surface area contributed by atoms with Crippen molar-refractivity contribution in [3.63, 3.8) is 0 Å². The van der Waals surface area contributed by atoms with E-state index in [2.05, 4.69) is 5.32 Å². The van der Waals surface area contributed by atoms with Crippen molar-refractivity contribution in [2.75, 3.05) is 20.3 Å². The highest BCUT2D eigenvalue weighted by Gasteiger charge is 2.26. The van der Waals surface area contributed by atoms with Crippen LogP contribution < -0.4 is 5.32 Å². The van der Waals surface area contributed by atoms with E-state index in [-0.39, 0.29) is 5.91 Å². The Kier molecular flexibility index (Phi) is 4.38. The number of aliphatic hydroxyl groups is 1. The van der Waals surface area contributed by atoms with Gasteiger partial charge in [-0.2, -0.15) is 0 Å². The molecule has 5 heteroatoms. The number of nitrogens with one attached hydrogen (secondary N) is 1. The van der Waals surface area contributed by atoms with Gasteiger partial charge in [0.2, 0.25) is 0 Å². The first-order chi connectivity index (χ1) is 8.72. The number of rotatable bonds is 7. The molecule has 1 aliphatic carbocycles. The molecule has 1 heterocycles. The van der Waals surface area contributed by atoms with E-state index < -0.39 is 6.10 Å². The third-order valence-corrected chi connectivity index (χ3v) is 3.07. The first kappa shape index (κ1) is 13.1. The number of ether oxygens (including phenoxy) is 1. The van der Waals surface area contributed by atoms with Crippen LogP contribution in [0, 0.1) is 0 Å². The topological polar surface area (TPSA) is 63.5 Å². The maximum absolute atomic E-state index is 12.0. The Balaban J connectivity index is 1.79. The van der Waals surface area contributed by atoms with Crippen LogP contribution in [-0.4, -0.2) is 41.9 Å². The summed E-state index contributed by atoms with van der Waals surface area (Å²) in [5, 5.41) is 12.3. The van der Waals surface area contributed by atoms with E-state index in [1.807, 2.05) is 22.9 Å². The molecule has 5 nitrogen and oxygen atoms in total. The molecule has 1 aromatic rings. The summed E-state index contributed by atoms with van der Waals surface area (Å²) in [6.45, 7) is 0.757. The minimum absolute atomic E-state index is 0.0727. The second kappa shape index (κ2) is 6.02. The van der Waals surface area contributed by atoms with E-state index in [0.717, 1.165) is 12.8 Å². The monoisotopic (exact) mass is 252 g/mol. The lowest BCUT2D eigenvalue weighted by atomic mass is 10.2. The highest BCUT2D eigenvalue weighted by atomic mass is 16.5. The summed E-state index contributed by atoms with van der Waals surface area (Å²) >= 11 is 0. The summed E-state index contributed by atoms with van der Waals surface area (Å²) in [6.07, 6.45) is 4.24. The minimum Gasteiger partial charge on any atom is -0.391 e. The average molecular weight is 252 g/mol. The van der Waals surface area contributed by atoms with Crippen LogP contribution in [0.3, 0.4) is 0 Å². The molecular weight excluding hydrogens is 232 g/mol. The van der Waals surface area contributed by atoms with E-state index >= 15 is 0 Å². The molecule has 2 N–H and O–H groups in total. The zero-order chi connectivity index (χ0) is 13.0. The van der Waals surface area contributed by atoms with Crippen molar-refractivity contribution in [2.45, 2.75) is 31.4 Å². The summed E-state index contributed by atoms with van der Waals surface area (Å²) in [4.78, 5) is 12.0. The third kappa shape index (κ3) is 3.34. The number of aliphatic hydroxyl groups excluding tert-OH is 1. The van der Waals surface area contributed by atoms with Gasteiger partial charge in [0.25, 0.3) is 5.91 Å². The van der Waals surface area contributed by atoms with Gasteiger partial charge < -0.3 is 19.7 Å². The fraction of sp³-hybridized carbons (Fsp3) is 0.615. The number of nitrogens with zero attached hydrogens (tertiary/aromatic N) is 1. The molecule has 2 rings (SSSR count). The maximum atomic E-state index is 12.0. The second-order valence-electron chi connectivity index (χ2n) is 4.69. The van der Waals surface area contributed by atoms with Gasteiger partial charge in [-0.3, -0.25) is 4.79 Å². The third-order valence-electron chi connectivity index (χ3n) is 3.07. The molecule has 1 amide bonds. The Labute approximate surface area is 107 Å². The Morgan fingerprint density at radius 2 is 2.44 bits per heavy atom. The van der Waals surface area contributed by atoms with Crippen molar-refractivity contribution in [2.24, 2.45) is 0 Å². The Hall–Kier alpha value is -1.33. The molecule has 0 aliphatic heterocycles. The van der Waals surface area contributed by atoms with E-state index in [9.17, 15) is 9.90 Å². The molecule has 0 saturated heterocycles. The fourth-order valence-electron chi connectivity index (χ4n) is 1.98. The molecule has 1 aliphatic rings. The van der Waals surface area contributed by atoms with E-state index in [1.165, 1.54) is 0 Å². The zero-order valence-electron chi connectivity index (χ0n) is 10.6. The number of carbonyl (C=O) groups excluding carboxylic acids is 1. The number of hydrogen-bond acceptors (Lipinski definition) is 3. The molecule has 0 bridgehead atoms. The molecule has 1 atom stereocenters. The normalized spacial score (nSPS) is 16.6. The lowest BCUT2D eigenvalue weighted by Crippen LogP contribution is -2.29. The van der Waals surface area contributed by atoms with Gasteiger partial charge in [0.05, 0.1) is 12.7 Å². The molecule has 0 spiro atoms. The standard InChI is InChI=1S/C13H20N2O3/c1-18-9-11(16)6-7-14-13(17)12-3-2-8-15(12)10-4-5-10/h2-3,8,10-11,16H,4-7,9H2,1H3,(H,14,17). The summed E-state index contributed by atoms with van der Waals surface area (Å²) in [7, 11) is 1.55. The van der Waals surface area contributed by atoms with Crippen LogP contribution in [0.5, 0.6) is 0 Å². The van der Waals surface area contributed by atoms with Crippen LogP contribution >= 0.6 is 0 Å². The number of amides is 1. The van der Waals surface area contributed by atoms with Crippen molar-refractivity contribution in [1.82, 2.24) is 9.88 Å². The molecule has 1 fully saturated rings. The van der Waals surface area contributed by atoms with Crippen molar-refractivity contribution < 1.29 is 14.6 Å². The minimum atomic E-state index is -0.523. The molecule has 18 heavy (non-hydrogen) atoms. The molecule has 1 aromatic heterocycles. The SMILES string of the molecule is COCC(O)CCNC(=O)c1cccn1C1CC1. The molecule has 0 radical (unpaired) electrons. The van der Waals surface area contributed by atoms with Gasteiger partial charge in [-0.05, 0) is 31.4 Å². The highest BCUT2D eigenvalue weighted by molar-refractivity contribution is 5.92.